The van der Waals surface area contributed by atoms with Gasteiger partial charge < -0.3 is 5.73 Å². The maximum atomic E-state index is 5.67. The molecule has 1 aliphatic carbocycles. The van der Waals surface area contributed by atoms with Crippen molar-refractivity contribution in [3.63, 3.8) is 0 Å². The maximum Gasteiger partial charge on any atom is 0.0178 e. The van der Waals surface area contributed by atoms with Gasteiger partial charge in [-0.3, -0.25) is 0 Å². The van der Waals surface area contributed by atoms with Gasteiger partial charge in [0, 0.05) is 4.47 Å². The number of hydrogen-bond donors (Lipinski definition) is 1. The highest BCUT2D eigenvalue weighted by Gasteiger charge is 2.23. The van der Waals surface area contributed by atoms with Crippen LogP contribution in [0.2, 0.25) is 0 Å². The van der Waals surface area contributed by atoms with E-state index in [-0.39, 0.29) is 0 Å². The van der Waals surface area contributed by atoms with Crippen LogP contribution in [0, 0.1) is 0 Å². The van der Waals surface area contributed by atoms with Crippen LogP contribution in [0.15, 0.2) is 22.7 Å². The summed E-state index contributed by atoms with van der Waals surface area (Å²) in [5, 5.41) is 0. The molecule has 0 spiro atoms. The second-order valence-corrected chi connectivity index (χ2v) is 5.44. The Labute approximate surface area is 100 Å². The van der Waals surface area contributed by atoms with Gasteiger partial charge in [0.2, 0.25) is 0 Å². The largest absolute Gasteiger partial charge is 0.330 e. The quantitative estimate of drug-likeness (QED) is 0.867. The first kappa shape index (κ1) is 11.2. The monoisotopic (exact) mass is 267 g/mol. The third-order valence-electron chi connectivity index (χ3n) is 3.48. The summed E-state index contributed by atoms with van der Waals surface area (Å²) in [5.74, 6) is 1.39. The fourth-order valence-corrected chi connectivity index (χ4v) is 2.99. The Morgan fingerprint density at radius 3 is 2.87 bits per heavy atom. The van der Waals surface area contributed by atoms with E-state index in [0.29, 0.717) is 11.8 Å². The molecule has 0 heterocycles. The second-order valence-electron chi connectivity index (χ2n) is 4.53. The van der Waals surface area contributed by atoms with Crippen LogP contribution < -0.4 is 5.73 Å². The average Bonchev–Trinajstić information content (AvgIpc) is 2.23. The van der Waals surface area contributed by atoms with Crippen molar-refractivity contribution >= 4 is 15.9 Å². The van der Waals surface area contributed by atoms with E-state index in [9.17, 15) is 0 Å². The van der Waals surface area contributed by atoms with Gasteiger partial charge in [-0.05, 0) is 60.9 Å². The van der Waals surface area contributed by atoms with E-state index in [4.69, 9.17) is 5.73 Å². The molecule has 0 saturated carbocycles. The van der Waals surface area contributed by atoms with Crippen molar-refractivity contribution in [2.45, 2.75) is 38.0 Å². The predicted molar refractivity (Wildman–Crippen MR) is 68.2 cm³/mol. The van der Waals surface area contributed by atoms with Gasteiger partial charge >= 0.3 is 0 Å². The zero-order valence-electron chi connectivity index (χ0n) is 9.17. The summed E-state index contributed by atoms with van der Waals surface area (Å²) >= 11 is 3.55. The summed E-state index contributed by atoms with van der Waals surface area (Å²) in [6.07, 6.45) is 3.72. The standard InChI is InChI=1S/C13H18BrN/c1-9-2-3-10(6-7-15)12-5-4-11(14)8-13(9)12/h4-5,8-10H,2-3,6-7,15H2,1H3. The average molecular weight is 268 g/mol. The Kier molecular flexibility index (Phi) is 3.47. The Morgan fingerprint density at radius 2 is 2.13 bits per heavy atom. The molecule has 0 saturated heterocycles. The molecule has 1 nitrogen and oxygen atoms in total. The summed E-state index contributed by atoms with van der Waals surface area (Å²) in [4.78, 5) is 0. The molecule has 82 valence electrons. The molecule has 1 aromatic carbocycles. The summed E-state index contributed by atoms with van der Waals surface area (Å²) in [6, 6.07) is 6.71. The SMILES string of the molecule is CC1CCC(CCN)c2ccc(Br)cc21. The van der Waals surface area contributed by atoms with Crippen molar-refractivity contribution in [3.8, 4) is 0 Å². The minimum atomic E-state index is 0.689. The molecule has 0 radical (unpaired) electrons. The van der Waals surface area contributed by atoms with Crippen molar-refractivity contribution < 1.29 is 0 Å². The molecule has 2 N–H and O–H groups in total. The molecular formula is C13H18BrN. The highest BCUT2D eigenvalue weighted by atomic mass is 79.9. The van der Waals surface area contributed by atoms with Crippen molar-refractivity contribution in [2.75, 3.05) is 6.54 Å². The fourth-order valence-electron chi connectivity index (χ4n) is 2.61. The Hall–Kier alpha value is -0.340. The molecule has 15 heavy (non-hydrogen) atoms. The van der Waals surface area contributed by atoms with Crippen LogP contribution in [-0.2, 0) is 0 Å². The molecule has 1 aromatic rings. The number of nitrogens with two attached hydrogens (primary N) is 1. The van der Waals surface area contributed by atoms with Crippen LogP contribution >= 0.6 is 15.9 Å². The molecule has 0 amide bonds. The van der Waals surface area contributed by atoms with Gasteiger partial charge in [-0.15, -0.1) is 0 Å². The first-order valence-corrected chi connectivity index (χ1v) is 6.51. The molecule has 2 unspecified atom stereocenters. The molecule has 0 aliphatic heterocycles. The minimum Gasteiger partial charge on any atom is -0.330 e. The Balaban J connectivity index is 2.36. The molecule has 2 heteroatoms. The molecule has 2 atom stereocenters. The van der Waals surface area contributed by atoms with Crippen LogP contribution in [0.4, 0.5) is 0 Å². The van der Waals surface area contributed by atoms with Gasteiger partial charge in [0.15, 0.2) is 0 Å². The van der Waals surface area contributed by atoms with E-state index < -0.39 is 0 Å². The van der Waals surface area contributed by atoms with Crippen molar-refractivity contribution in [1.29, 1.82) is 0 Å². The van der Waals surface area contributed by atoms with Crippen molar-refractivity contribution in [3.05, 3.63) is 33.8 Å². The van der Waals surface area contributed by atoms with Crippen LogP contribution in [0.1, 0.15) is 49.1 Å². The minimum absolute atomic E-state index is 0.689. The normalized spacial score (nSPS) is 25.0. The number of benzene rings is 1. The number of fused-ring (bicyclic) bond motifs is 1. The Bertz CT molecular complexity index is 348. The number of halogens is 1. The summed E-state index contributed by atoms with van der Waals surface area (Å²) in [6.45, 7) is 3.12. The van der Waals surface area contributed by atoms with Crippen LogP contribution in [0.25, 0.3) is 0 Å². The third-order valence-corrected chi connectivity index (χ3v) is 3.98. The number of hydrogen-bond acceptors (Lipinski definition) is 1. The molecule has 2 rings (SSSR count). The maximum absolute atomic E-state index is 5.67. The van der Waals surface area contributed by atoms with E-state index in [1.54, 1.807) is 0 Å². The van der Waals surface area contributed by atoms with Gasteiger partial charge in [-0.2, -0.15) is 0 Å². The van der Waals surface area contributed by atoms with Gasteiger partial charge in [0.05, 0.1) is 0 Å². The highest BCUT2D eigenvalue weighted by molar-refractivity contribution is 9.10. The lowest BCUT2D eigenvalue weighted by molar-refractivity contribution is 0.483. The lowest BCUT2D eigenvalue weighted by atomic mass is 9.76. The first-order chi connectivity index (χ1) is 7.22. The zero-order valence-corrected chi connectivity index (χ0v) is 10.8. The van der Waals surface area contributed by atoms with Crippen LogP contribution in [0.3, 0.4) is 0 Å². The second kappa shape index (κ2) is 4.67. The molecule has 0 fully saturated rings. The first-order valence-electron chi connectivity index (χ1n) is 5.71. The third kappa shape index (κ3) is 2.26. The van der Waals surface area contributed by atoms with E-state index in [2.05, 4.69) is 41.1 Å². The highest BCUT2D eigenvalue weighted by Crippen LogP contribution is 2.40. The van der Waals surface area contributed by atoms with Gasteiger partial charge in [0.25, 0.3) is 0 Å². The lowest BCUT2D eigenvalue weighted by Crippen LogP contribution is -2.15. The summed E-state index contributed by atoms with van der Waals surface area (Å²) in [7, 11) is 0. The van der Waals surface area contributed by atoms with E-state index >= 15 is 0 Å². The van der Waals surface area contributed by atoms with Gasteiger partial charge in [-0.1, -0.05) is 28.9 Å². The van der Waals surface area contributed by atoms with Crippen LogP contribution in [0.5, 0.6) is 0 Å². The van der Waals surface area contributed by atoms with Crippen LogP contribution in [-0.4, -0.2) is 6.54 Å². The molecule has 0 bridgehead atoms. The Morgan fingerprint density at radius 1 is 1.33 bits per heavy atom. The van der Waals surface area contributed by atoms with Gasteiger partial charge in [0.1, 0.15) is 0 Å². The van der Waals surface area contributed by atoms with Crippen molar-refractivity contribution in [2.24, 2.45) is 5.73 Å². The number of rotatable bonds is 2. The fraction of sp³-hybridized carbons (Fsp3) is 0.538. The molecule has 1 aliphatic rings. The summed E-state index contributed by atoms with van der Waals surface area (Å²) in [5.41, 5.74) is 8.72. The predicted octanol–water partition coefficient (Wildman–Crippen LogP) is 3.78. The molecular weight excluding hydrogens is 250 g/mol. The van der Waals surface area contributed by atoms with Crippen molar-refractivity contribution in [1.82, 2.24) is 0 Å². The van der Waals surface area contributed by atoms with E-state index in [1.165, 1.54) is 28.4 Å². The van der Waals surface area contributed by atoms with E-state index in [0.717, 1.165) is 13.0 Å². The summed E-state index contributed by atoms with van der Waals surface area (Å²) < 4.78 is 1.20. The van der Waals surface area contributed by atoms with E-state index in [1.807, 2.05) is 0 Å². The molecule has 0 aromatic heterocycles. The smallest absolute Gasteiger partial charge is 0.0178 e. The lowest BCUT2D eigenvalue weighted by Gasteiger charge is -2.29. The zero-order chi connectivity index (χ0) is 10.8. The topological polar surface area (TPSA) is 26.0 Å². The van der Waals surface area contributed by atoms with Gasteiger partial charge in [-0.25, -0.2) is 0 Å².